The van der Waals surface area contributed by atoms with Crippen LogP contribution in [0.2, 0.25) is 0 Å². The zero-order valence-electron chi connectivity index (χ0n) is 10.8. The molecule has 5 heteroatoms. The van der Waals surface area contributed by atoms with Crippen LogP contribution >= 0.6 is 11.6 Å². The fourth-order valence-electron chi connectivity index (χ4n) is 2.63. The molecule has 1 heterocycles. The van der Waals surface area contributed by atoms with Crippen molar-refractivity contribution in [3.05, 3.63) is 29.8 Å². The Labute approximate surface area is 117 Å². The van der Waals surface area contributed by atoms with Crippen LogP contribution in [0.1, 0.15) is 42.5 Å². The maximum Gasteiger partial charge on any atom is 0.255 e. The molecule has 3 nitrogen and oxygen atoms in total. The van der Waals surface area contributed by atoms with Gasteiger partial charge in [0.15, 0.2) is 0 Å². The quantitative estimate of drug-likeness (QED) is 0.795. The van der Waals surface area contributed by atoms with Crippen molar-refractivity contribution >= 4 is 17.5 Å². The average molecular weight is 285 g/mol. The smallest absolute Gasteiger partial charge is 0.255 e. The van der Waals surface area contributed by atoms with E-state index in [1.807, 2.05) is 0 Å². The molecule has 0 bridgehead atoms. The summed E-state index contributed by atoms with van der Waals surface area (Å²) in [6.45, 7) is 0.502. The molecule has 0 unspecified atom stereocenters. The Kier molecular flexibility index (Phi) is 5.14. The highest BCUT2D eigenvalue weighted by Gasteiger charge is 2.26. The number of carbonyl (C=O) groups excluding carboxylic acids is 1. The summed E-state index contributed by atoms with van der Waals surface area (Å²) in [5, 5.41) is 0. The van der Waals surface area contributed by atoms with Crippen LogP contribution in [-0.2, 0) is 0 Å². The number of carbonyl (C=O) groups is 1. The molecule has 0 aromatic carbocycles. The summed E-state index contributed by atoms with van der Waals surface area (Å²) >= 11 is 5.79. The SMILES string of the molecule is O=C(c1cncc(F)c1)N(CCCl)C1CCCCC1. The monoisotopic (exact) mass is 284 g/mol. The summed E-state index contributed by atoms with van der Waals surface area (Å²) in [5.74, 6) is -0.259. The second kappa shape index (κ2) is 6.85. The lowest BCUT2D eigenvalue weighted by Gasteiger charge is -2.34. The molecule has 0 atom stereocenters. The van der Waals surface area contributed by atoms with E-state index < -0.39 is 5.82 Å². The fourth-order valence-corrected chi connectivity index (χ4v) is 2.81. The minimum absolute atomic E-state index is 0.167. The van der Waals surface area contributed by atoms with E-state index >= 15 is 0 Å². The van der Waals surface area contributed by atoms with Gasteiger partial charge in [0, 0.05) is 24.7 Å². The number of aromatic nitrogens is 1. The second-order valence-electron chi connectivity index (χ2n) is 4.87. The molecule has 0 spiro atoms. The first kappa shape index (κ1) is 14.3. The third kappa shape index (κ3) is 3.66. The topological polar surface area (TPSA) is 33.2 Å². The van der Waals surface area contributed by atoms with Crippen molar-refractivity contribution in [2.45, 2.75) is 38.1 Å². The van der Waals surface area contributed by atoms with Gasteiger partial charge in [-0.1, -0.05) is 19.3 Å². The summed E-state index contributed by atoms with van der Waals surface area (Å²) in [5.41, 5.74) is 0.302. The predicted molar refractivity (Wildman–Crippen MR) is 72.8 cm³/mol. The Bertz CT molecular complexity index is 435. The van der Waals surface area contributed by atoms with Crippen molar-refractivity contribution < 1.29 is 9.18 Å². The number of halogens is 2. The number of alkyl halides is 1. The molecule has 1 aromatic heterocycles. The number of hydrogen-bond acceptors (Lipinski definition) is 2. The Morgan fingerprint density at radius 2 is 2.11 bits per heavy atom. The van der Waals surface area contributed by atoms with E-state index in [2.05, 4.69) is 4.98 Å². The van der Waals surface area contributed by atoms with Gasteiger partial charge >= 0.3 is 0 Å². The molecule has 1 aromatic rings. The van der Waals surface area contributed by atoms with Crippen molar-refractivity contribution in [3.63, 3.8) is 0 Å². The lowest BCUT2D eigenvalue weighted by Crippen LogP contribution is -2.42. The van der Waals surface area contributed by atoms with Gasteiger partial charge in [0.2, 0.25) is 0 Å². The maximum absolute atomic E-state index is 13.2. The van der Waals surface area contributed by atoms with Gasteiger partial charge in [-0.05, 0) is 18.9 Å². The lowest BCUT2D eigenvalue weighted by atomic mass is 9.94. The molecule has 19 heavy (non-hydrogen) atoms. The van der Waals surface area contributed by atoms with Gasteiger partial charge in [0.25, 0.3) is 5.91 Å². The highest BCUT2D eigenvalue weighted by atomic mass is 35.5. The third-order valence-electron chi connectivity index (χ3n) is 3.55. The largest absolute Gasteiger partial charge is 0.334 e. The fraction of sp³-hybridized carbons (Fsp3) is 0.571. The van der Waals surface area contributed by atoms with Crippen molar-refractivity contribution in [3.8, 4) is 0 Å². The number of pyridine rings is 1. The van der Waals surface area contributed by atoms with Gasteiger partial charge < -0.3 is 4.90 Å². The van der Waals surface area contributed by atoms with E-state index in [0.29, 0.717) is 18.0 Å². The normalized spacial score (nSPS) is 16.3. The molecule has 1 amide bonds. The molecule has 1 aliphatic rings. The van der Waals surface area contributed by atoms with Crippen LogP contribution in [-0.4, -0.2) is 34.3 Å². The summed E-state index contributed by atoms with van der Waals surface area (Å²) < 4.78 is 13.2. The minimum atomic E-state index is -0.486. The number of nitrogens with zero attached hydrogens (tertiary/aromatic N) is 2. The maximum atomic E-state index is 13.2. The first-order chi connectivity index (χ1) is 9.22. The van der Waals surface area contributed by atoms with Gasteiger partial charge in [-0.25, -0.2) is 4.39 Å². The molecular formula is C14H18ClFN2O. The first-order valence-electron chi connectivity index (χ1n) is 6.70. The summed E-state index contributed by atoms with van der Waals surface area (Å²) in [6.07, 6.45) is 8.02. The van der Waals surface area contributed by atoms with Gasteiger partial charge in [-0.15, -0.1) is 11.6 Å². The number of amides is 1. The van der Waals surface area contributed by atoms with Gasteiger partial charge in [-0.3, -0.25) is 9.78 Å². The van der Waals surface area contributed by atoms with Crippen LogP contribution in [0.3, 0.4) is 0 Å². The Balaban J connectivity index is 2.15. The van der Waals surface area contributed by atoms with Crippen LogP contribution in [0, 0.1) is 5.82 Å². The Morgan fingerprint density at radius 1 is 1.37 bits per heavy atom. The highest BCUT2D eigenvalue weighted by Crippen LogP contribution is 2.24. The van der Waals surface area contributed by atoms with Crippen LogP contribution in [0.25, 0.3) is 0 Å². The summed E-state index contributed by atoms with van der Waals surface area (Å²) in [6, 6.07) is 1.46. The summed E-state index contributed by atoms with van der Waals surface area (Å²) in [4.78, 5) is 18.0. The van der Waals surface area contributed by atoms with E-state index in [1.165, 1.54) is 18.7 Å². The molecule has 104 valence electrons. The van der Waals surface area contributed by atoms with Crippen LogP contribution in [0.5, 0.6) is 0 Å². The lowest BCUT2D eigenvalue weighted by molar-refractivity contribution is 0.0648. The molecule has 1 aliphatic carbocycles. The molecule has 0 radical (unpaired) electrons. The third-order valence-corrected chi connectivity index (χ3v) is 3.72. The van der Waals surface area contributed by atoms with E-state index in [9.17, 15) is 9.18 Å². The van der Waals surface area contributed by atoms with Crippen molar-refractivity contribution in [2.75, 3.05) is 12.4 Å². The van der Waals surface area contributed by atoms with Crippen LogP contribution < -0.4 is 0 Å². The Hall–Kier alpha value is -1.16. The standard InChI is InChI=1S/C14H18ClFN2O/c15-6-7-18(13-4-2-1-3-5-13)14(19)11-8-12(16)10-17-9-11/h8-10,13H,1-7H2. The summed E-state index contributed by atoms with van der Waals surface area (Å²) in [7, 11) is 0. The molecule has 0 aliphatic heterocycles. The zero-order chi connectivity index (χ0) is 13.7. The van der Waals surface area contributed by atoms with Crippen LogP contribution in [0.4, 0.5) is 4.39 Å². The first-order valence-corrected chi connectivity index (χ1v) is 7.23. The van der Waals surface area contributed by atoms with Gasteiger partial charge in [-0.2, -0.15) is 0 Å². The minimum Gasteiger partial charge on any atom is -0.334 e. The molecular weight excluding hydrogens is 267 g/mol. The molecule has 1 fully saturated rings. The van der Waals surface area contributed by atoms with E-state index in [0.717, 1.165) is 31.9 Å². The number of hydrogen-bond donors (Lipinski definition) is 0. The van der Waals surface area contributed by atoms with E-state index in [1.54, 1.807) is 4.90 Å². The molecule has 0 saturated heterocycles. The van der Waals surface area contributed by atoms with Gasteiger partial charge in [0.05, 0.1) is 11.8 Å². The van der Waals surface area contributed by atoms with Gasteiger partial charge in [0.1, 0.15) is 5.82 Å². The highest BCUT2D eigenvalue weighted by molar-refractivity contribution is 6.18. The zero-order valence-corrected chi connectivity index (χ0v) is 11.6. The number of rotatable bonds is 4. The molecule has 2 rings (SSSR count). The molecule has 0 N–H and O–H groups in total. The second-order valence-corrected chi connectivity index (χ2v) is 5.25. The van der Waals surface area contributed by atoms with Crippen molar-refractivity contribution in [1.29, 1.82) is 0 Å². The van der Waals surface area contributed by atoms with Crippen LogP contribution in [0.15, 0.2) is 18.5 Å². The predicted octanol–water partition coefficient (Wildman–Crippen LogP) is 3.23. The van der Waals surface area contributed by atoms with Crippen molar-refractivity contribution in [1.82, 2.24) is 9.88 Å². The van der Waals surface area contributed by atoms with Crippen molar-refractivity contribution in [2.24, 2.45) is 0 Å². The molecule has 1 saturated carbocycles. The Morgan fingerprint density at radius 3 is 2.74 bits per heavy atom. The van der Waals surface area contributed by atoms with E-state index in [4.69, 9.17) is 11.6 Å². The van der Waals surface area contributed by atoms with E-state index in [-0.39, 0.29) is 11.9 Å². The average Bonchev–Trinajstić information content (AvgIpc) is 2.45.